The number of nitrogens with zero attached hydrogens (tertiary/aromatic N) is 3. The third kappa shape index (κ3) is 5.10. The minimum Gasteiger partial charge on any atom is -0.378 e. The Morgan fingerprint density at radius 1 is 1.24 bits per heavy atom. The van der Waals surface area contributed by atoms with Crippen LogP contribution in [0.15, 0.2) is 48.0 Å². The van der Waals surface area contributed by atoms with E-state index in [0.717, 1.165) is 18.8 Å². The Kier molecular flexibility index (Phi) is 6.44. The van der Waals surface area contributed by atoms with Gasteiger partial charge in [0.1, 0.15) is 16.7 Å². The van der Waals surface area contributed by atoms with Crippen LogP contribution in [0.5, 0.6) is 0 Å². The first kappa shape index (κ1) is 20.3. The highest BCUT2D eigenvalue weighted by Gasteiger charge is 2.15. The van der Waals surface area contributed by atoms with Crippen molar-refractivity contribution < 1.29 is 14.5 Å². The van der Waals surface area contributed by atoms with Crippen molar-refractivity contribution in [2.24, 2.45) is 0 Å². The van der Waals surface area contributed by atoms with Gasteiger partial charge in [0.25, 0.3) is 11.6 Å². The second-order valence-electron chi connectivity index (χ2n) is 6.24. The third-order valence-corrected chi connectivity index (χ3v) is 4.66. The smallest absolute Gasteiger partial charge is 0.288 e. The highest BCUT2D eigenvalue weighted by atomic mass is 35.5. The van der Waals surface area contributed by atoms with E-state index in [1.165, 1.54) is 24.3 Å². The minimum absolute atomic E-state index is 0.0181. The number of rotatable bonds is 5. The molecule has 1 N–H and O–H groups in total. The molecule has 1 fully saturated rings. The lowest BCUT2D eigenvalue weighted by Gasteiger charge is -2.28. The number of amides is 1. The van der Waals surface area contributed by atoms with Crippen LogP contribution in [-0.4, -0.2) is 37.1 Å². The van der Waals surface area contributed by atoms with Gasteiger partial charge in [-0.05, 0) is 42.0 Å². The van der Waals surface area contributed by atoms with Gasteiger partial charge in [0.05, 0.1) is 18.1 Å². The molecule has 0 spiro atoms. The summed E-state index contributed by atoms with van der Waals surface area (Å²) < 4.78 is 5.33. The Bertz CT molecular complexity index is 993. The number of nitrogens with one attached hydrogen (secondary N) is 1. The lowest BCUT2D eigenvalue weighted by Crippen LogP contribution is -2.36. The number of benzene rings is 2. The van der Waals surface area contributed by atoms with Gasteiger partial charge >= 0.3 is 0 Å². The molecular formula is C20H17ClN4O4. The number of nitriles is 1. The maximum Gasteiger partial charge on any atom is 0.288 e. The normalized spacial score (nSPS) is 14.2. The molecule has 0 atom stereocenters. The Morgan fingerprint density at radius 3 is 2.55 bits per heavy atom. The fourth-order valence-corrected chi connectivity index (χ4v) is 3.04. The van der Waals surface area contributed by atoms with E-state index in [9.17, 15) is 20.2 Å². The van der Waals surface area contributed by atoms with Gasteiger partial charge in [0, 0.05) is 30.5 Å². The Balaban J connectivity index is 1.73. The van der Waals surface area contributed by atoms with Crippen LogP contribution in [0.3, 0.4) is 0 Å². The predicted molar refractivity (Wildman–Crippen MR) is 110 cm³/mol. The molecule has 0 saturated carbocycles. The maximum atomic E-state index is 12.4. The zero-order valence-electron chi connectivity index (χ0n) is 15.3. The van der Waals surface area contributed by atoms with Gasteiger partial charge in [-0.1, -0.05) is 17.7 Å². The number of halogens is 1. The number of anilines is 2. The quantitative estimate of drug-likeness (QED) is 0.347. The first-order chi connectivity index (χ1) is 14.0. The molecule has 1 heterocycles. The molecule has 8 nitrogen and oxygen atoms in total. The number of nitro groups is 1. The molecule has 1 aliphatic rings. The lowest BCUT2D eigenvalue weighted by atomic mass is 10.1. The molecule has 1 saturated heterocycles. The molecule has 1 aliphatic heterocycles. The highest BCUT2D eigenvalue weighted by molar-refractivity contribution is 6.32. The Labute approximate surface area is 172 Å². The maximum absolute atomic E-state index is 12.4. The summed E-state index contributed by atoms with van der Waals surface area (Å²) in [5.74, 6) is -0.607. The third-order valence-electron chi connectivity index (χ3n) is 4.34. The van der Waals surface area contributed by atoms with E-state index in [1.807, 2.05) is 18.2 Å². The average Bonchev–Trinajstić information content (AvgIpc) is 2.74. The SMILES string of the molecule is N#C/C(=C\c1ccc(Cl)c([N+](=O)[O-])c1)C(=O)Nc1ccc(N2CCOCC2)cc1. The summed E-state index contributed by atoms with van der Waals surface area (Å²) in [4.78, 5) is 25.0. The molecule has 3 rings (SSSR count). The molecule has 0 radical (unpaired) electrons. The van der Waals surface area contributed by atoms with Crippen LogP contribution in [0.4, 0.5) is 17.1 Å². The van der Waals surface area contributed by atoms with Crippen LogP contribution >= 0.6 is 11.6 Å². The lowest BCUT2D eigenvalue weighted by molar-refractivity contribution is -0.384. The number of hydrogen-bond acceptors (Lipinski definition) is 6. The van der Waals surface area contributed by atoms with E-state index >= 15 is 0 Å². The largest absolute Gasteiger partial charge is 0.378 e. The molecule has 9 heteroatoms. The van der Waals surface area contributed by atoms with Gasteiger partial charge in [-0.15, -0.1) is 0 Å². The molecule has 0 aliphatic carbocycles. The predicted octanol–water partition coefficient (Wildman–Crippen LogP) is 3.63. The van der Waals surface area contributed by atoms with Crippen molar-refractivity contribution in [3.8, 4) is 6.07 Å². The zero-order chi connectivity index (χ0) is 20.8. The summed E-state index contributed by atoms with van der Waals surface area (Å²) in [6, 6.07) is 13.2. The summed E-state index contributed by atoms with van der Waals surface area (Å²) in [5, 5.41) is 23.0. The van der Waals surface area contributed by atoms with Crippen molar-refractivity contribution in [1.82, 2.24) is 0 Å². The Hall–Kier alpha value is -3.41. The van der Waals surface area contributed by atoms with Crippen molar-refractivity contribution in [1.29, 1.82) is 5.26 Å². The van der Waals surface area contributed by atoms with Crippen LogP contribution in [-0.2, 0) is 9.53 Å². The summed E-state index contributed by atoms with van der Waals surface area (Å²) in [6.07, 6.45) is 1.28. The molecule has 0 aromatic heterocycles. The summed E-state index contributed by atoms with van der Waals surface area (Å²) >= 11 is 5.78. The molecule has 0 unspecified atom stereocenters. The zero-order valence-corrected chi connectivity index (χ0v) is 16.1. The molecular weight excluding hydrogens is 396 g/mol. The van der Waals surface area contributed by atoms with Crippen LogP contribution < -0.4 is 10.2 Å². The van der Waals surface area contributed by atoms with Gasteiger partial charge in [-0.3, -0.25) is 14.9 Å². The van der Waals surface area contributed by atoms with Gasteiger partial charge < -0.3 is 15.0 Å². The first-order valence-electron chi connectivity index (χ1n) is 8.78. The first-order valence-corrected chi connectivity index (χ1v) is 9.15. The van der Waals surface area contributed by atoms with Gasteiger partial charge in [-0.2, -0.15) is 5.26 Å². The Morgan fingerprint density at radius 2 is 1.93 bits per heavy atom. The van der Waals surface area contributed by atoms with E-state index in [1.54, 1.807) is 12.1 Å². The van der Waals surface area contributed by atoms with Crippen LogP contribution in [0, 0.1) is 21.4 Å². The second kappa shape index (κ2) is 9.19. The summed E-state index contributed by atoms with van der Waals surface area (Å²) in [6.45, 7) is 2.97. The van der Waals surface area contributed by atoms with Crippen molar-refractivity contribution in [3.05, 3.63) is 68.7 Å². The monoisotopic (exact) mass is 412 g/mol. The molecule has 148 valence electrons. The summed E-state index contributed by atoms with van der Waals surface area (Å²) in [5.41, 5.74) is 1.41. The average molecular weight is 413 g/mol. The number of ether oxygens (including phenoxy) is 1. The summed E-state index contributed by atoms with van der Waals surface area (Å²) in [7, 11) is 0. The van der Waals surface area contributed by atoms with Crippen molar-refractivity contribution in [3.63, 3.8) is 0 Å². The van der Waals surface area contributed by atoms with Crippen LogP contribution in [0.1, 0.15) is 5.56 Å². The number of carbonyl (C=O) groups excluding carboxylic acids is 1. The van der Waals surface area contributed by atoms with E-state index in [2.05, 4.69) is 10.2 Å². The van der Waals surface area contributed by atoms with Crippen LogP contribution in [0.25, 0.3) is 6.08 Å². The number of nitro benzene ring substituents is 1. The van der Waals surface area contributed by atoms with Crippen molar-refractivity contribution in [2.45, 2.75) is 0 Å². The fraction of sp³-hybridized carbons (Fsp3) is 0.200. The fourth-order valence-electron chi connectivity index (χ4n) is 2.85. The van der Waals surface area contributed by atoms with Crippen molar-refractivity contribution >= 4 is 40.6 Å². The molecule has 2 aromatic rings. The van der Waals surface area contributed by atoms with Gasteiger partial charge in [0.2, 0.25) is 0 Å². The molecule has 1 amide bonds. The van der Waals surface area contributed by atoms with E-state index < -0.39 is 10.8 Å². The number of morpholine rings is 1. The number of carbonyl (C=O) groups is 1. The van der Waals surface area contributed by atoms with E-state index in [0.29, 0.717) is 24.5 Å². The van der Waals surface area contributed by atoms with E-state index in [4.69, 9.17) is 16.3 Å². The van der Waals surface area contributed by atoms with Gasteiger partial charge in [-0.25, -0.2) is 0 Å². The van der Waals surface area contributed by atoms with Crippen LogP contribution in [0.2, 0.25) is 5.02 Å². The standard InChI is InChI=1S/C20H17ClN4O4/c21-18-6-1-14(12-19(18)25(27)28)11-15(13-22)20(26)23-16-2-4-17(5-3-16)24-7-9-29-10-8-24/h1-6,11-12H,7-10H2,(H,23,26)/b15-11+. The molecule has 0 bridgehead atoms. The topological polar surface area (TPSA) is 108 Å². The second-order valence-corrected chi connectivity index (χ2v) is 6.65. The molecule has 2 aromatic carbocycles. The number of hydrogen-bond donors (Lipinski definition) is 1. The molecule has 29 heavy (non-hydrogen) atoms. The minimum atomic E-state index is -0.623. The van der Waals surface area contributed by atoms with E-state index in [-0.39, 0.29) is 16.3 Å². The van der Waals surface area contributed by atoms with Crippen molar-refractivity contribution in [2.75, 3.05) is 36.5 Å². The van der Waals surface area contributed by atoms with Gasteiger partial charge in [0.15, 0.2) is 0 Å². The highest BCUT2D eigenvalue weighted by Crippen LogP contribution is 2.26.